The van der Waals surface area contributed by atoms with Crippen molar-refractivity contribution >= 4 is 23.3 Å². The topological polar surface area (TPSA) is 99.4 Å². The number of aliphatic imine (C=N–C) groups is 1. The third-order valence-electron chi connectivity index (χ3n) is 6.28. The second-order valence-electron chi connectivity index (χ2n) is 8.04. The number of rotatable bonds is 3. The van der Waals surface area contributed by atoms with Crippen molar-refractivity contribution in [2.45, 2.75) is 50.9 Å². The highest BCUT2D eigenvalue weighted by molar-refractivity contribution is 5.96. The second kappa shape index (κ2) is 7.28. The van der Waals surface area contributed by atoms with E-state index in [2.05, 4.69) is 20.7 Å². The molecule has 2 fully saturated rings. The molecule has 2 aromatic heterocycles. The fourth-order valence-electron chi connectivity index (χ4n) is 4.50. The summed E-state index contributed by atoms with van der Waals surface area (Å²) in [7, 11) is 3.56. The second-order valence-corrected chi connectivity index (χ2v) is 8.04. The summed E-state index contributed by atoms with van der Waals surface area (Å²) in [4.78, 5) is 25.7. The van der Waals surface area contributed by atoms with Gasteiger partial charge in [-0.05, 0) is 44.2 Å². The van der Waals surface area contributed by atoms with Gasteiger partial charge in [0.2, 0.25) is 5.96 Å². The molecule has 1 saturated heterocycles. The summed E-state index contributed by atoms with van der Waals surface area (Å²) in [5, 5.41) is 10.7. The van der Waals surface area contributed by atoms with Crippen LogP contribution in [0.3, 0.4) is 0 Å². The van der Waals surface area contributed by atoms with Crippen LogP contribution in [0.25, 0.3) is 5.65 Å². The average Bonchev–Trinajstić information content (AvgIpc) is 3.30. The van der Waals surface area contributed by atoms with Gasteiger partial charge in [-0.25, -0.2) is 19.3 Å². The number of carbonyl (C=O) groups excluding carboxylic acids is 1. The molecule has 0 bridgehead atoms. The molecular weight excluding hydrogens is 384 g/mol. The van der Waals surface area contributed by atoms with E-state index in [4.69, 9.17) is 9.73 Å². The molecule has 2 amide bonds. The van der Waals surface area contributed by atoms with E-state index >= 15 is 0 Å². The van der Waals surface area contributed by atoms with Gasteiger partial charge in [-0.15, -0.1) is 0 Å². The summed E-state index contributed by atoms with van der Waals surface area (Å²) in [5.41, 5.74) is 3.56. The number of urea groups is 1. The lowest BCUT2D eigenvalue weighted by Crippen LogP contribution is -2.46. The summed E-state index contributed by atoms with van der Waals surface area (Å²) >= 11 is 0. The van der Waals surface area contributed by atoms with Gasteiger partial charge in [0.05, 0.1) is 23.7 Å². The van der Waals surface area contributed by atoms with E-state index in [1.165, 1.54) is 6.33 Å². The number of methoxy groups -OCH3 is 1. The Balaban J connectivity index is 1.40. The van der Waals surface area contributed by atoms with Crippen LogP contribution in [0.4, 0.5) is 10.5 Å². The van der Waals surface area contributed by atoms with Crippen LogP contribution in [-0.2, 0) is 4.74 Å². The van der Waals surface area contributed by atoms with E-state index in [0.717, 1.165) is 48.3 Å². The molecule has 158 valence electrons. The molecule has 10 heteroatoms. The zero-order valence-electron chi connectivity index (χ0n) is 17.4. The number of carbonyl (C=O) groups is 1. The molecule has 1 atom stereocenters. The fourth-order valence-corrected chi connectivity index (χ4v) is 4.50. The van der Waals surface area contributed by atoms with Crippen LogP contribution in [0.5, 0.6) is 0 Å². The maximum atomic E-state index is 13.0. The summed E-state index contributed by atoms with van der Waals surface area (Å²) in [6.07, 6.45) is 9.01. The number of nitrogens with zero attached hydrogens (tertiary/aromatic N) is 6. The van der Waals surface area contributed by atoms with Crippen molar-refractivity contribution in [1.29, 1.82) is 0 Å². The summed E-state index contributed by atoms with van der Waals surface area (Å²) in [5.74, 6) is 0.602. The normalized spacial score (nSPS) is 26.4. The maximum Gasteiger partial charge on any atom is 0.326 e. The highest BCUT2D eigenvalue weighted by atomic mass is 16.5. The van der Waals surface area contributed by atoms with Gasteiger partial charge in [-0.2, -0.15) is 5.10 Å². The monoisotopic (exact) mass is 410 g/mol. The van der Waals surface area contributed by atoms with E-state index < -0.39 is 0 Å². The van der Waals surface area contributed by atoms with Crippen LogP contribution in [0.1, 0.15) is 31.2 Å². The van der Waals surface area contributed by atoms with Crippen LogP contribution in [0.15, 0.2) is 35.5 Å². The molecule has 0 aromatic carbocycles. The lowest BCUT2D eigenvalue weighted by Gasteiger charge is -2.36. The zero-order valence-corrected chi connectivity index (χ0v) is 17.4. The van der Waals surface area contributed by atoms with Crippen LogP contribution in [-0.4, -0.2) is 68.9 Å². The van der Waals surface area contributed by atoms with Gasteiger partial charge in [-0.3, -0.25) is 9.80 Å². The number of hydrogen-bond acceptors (Lipinski definition) is 7. The molecular formula is C20H26N8O2. The van der Waals surface area contributed by atoms with Gasteiger partial charge in [0, 0.05) is 26.4 Å². The molecule has 1 aliphatic carbocycles. The largest absolute Gasteiger partial charge is 0.381 e. The summed E-state index contributed by atoms with van der Waals surface area (Å²) < 4.78 is 7.21. The van der Waals surface area contributed by atoms with Crippen LogP contribution < -0.4 is 10.6 Å². The first-order valence-electron chi connectivity index (χ1n) is 10.3. The van der Waals surface area contributed by atoms with Crippen LogP contribution in [0, 0.1) is 6.92 Å². The Morgan fingerprint density at radius 3 is 2.83 bits per heavy atom. The summed E-state index contributed by atoms with van der Waals surface area (Å²) in [6, 6.07) is 2.13. The Kier molecular flexibility index (Phi) is 4.58. The molecule has 0 radical (unpaired) electrons. The fraction of sp³-hybridized carbons (Fsp3) is 0.500. The van der Waals surface area contributed by atoms with Crippen molar-refractivity contribution in [3.05, 3.63) is 36.1 Å². The number of amides is 2. The van der Waals surface area contributed by atoms with Gasteiger partial charge in [0.25, 0.3) is 0 Å². The molecule has 2 aromatic rings. The lowest BCUT2D eigenvalue weighted by atomic mass is 9.92. The maximum absolute atomic E-state index is 13.0. The Bertz CT molecular complexity index is 1040. The van der Waals surface area contributed by atoms with E-state index in [-0.39, 0.29) is 24.3 Å². The third kappa shape index (κ3) is 3.07. The molecule has 1 saturated carbocycles. The molecule has 0 spiro atoms. The summed E-state index contributed by atoms with van der Waals surface area (Å²) in [6.45, 7) is 2.01. The first-order valence-corrected chi connectivity index (χ1v) is 10.3. The van der Waals surface area contributed by atoms with Crippen molar-refractivity contribution in [2.24, 2.45) is 4.99 Å². The Morgan fingerprint density at radius 1 is 1.27 bits per heavy atom. The predicted octanol–water partition coefficient (Wildman–Crippen LogP) is 1.90. The number of likely N-dealkylation sites (N-methyl/N-ethyl adjacent to an activating group) is 1. The van der Waals surface area contributed by atoms with E-state index in [9.17, 15) is 4.79 Å². The van der Waals surface area contributed by atoms with E-state index in [1.807, 2.05) is 30.3 Å². The van der Waals surface area contributed by atoms with Gasteiger partial charge < -0.3 is 15.4 Å². The number of nitrogens with one attached hydrogen (secondary N) is 2. The number of anilines is 1. The number of pyridine rings is 1. The number of ether oxygens (including phenoxy) is 1. The molecule has 3 aliphatic rings. The minimum atomic E-state index is -0.328. The molecule has 30 heavy (non-hydrogen) atoms. The highest BCUT2D eigenvalue weighted by Crippen LogP contribution is 2.35. The minimum Gasteiger partial charge on any atom is -0.381 e. The first kappa shape index (κ1) is 18.9. The number of aromatic nitrogens is 3. The lowest BCUT2D eigenvalue weighted by molar-refractivity contribution is 0.0440. The Labute approximate surface area is 174 Å². The highest BCUT2D eigenvalue weighted by Gasteiger charge is 2.45. The Morgan fingerprint density at radius 2 is 2.07 bits per heavy atom. The van der Waals surface area contributed by atoms with Crippen LogP contribution >= 0.6 is 0 Å². The van der Waals surface area contributed by atoms with Crippen molar-refractivity contribution in [3.8, 4) is 0 Å². The number of hydrogen-bond donors (Lipinski definition) is 2. The minimum absolute atomic E-state index is 0.000803. The van der Waals surface area contributed by atoms with Crippen molar-refractivity contribution in [3.63, 3.8) is 0 Å². The smallest absolute Gasteiger partial charge is 0.326 e. The molecule has 5 rings (SSSR count). The quantitative estimate of drug-likeness (QED) is 0.802. The molecule has 1 unspecified atom stereocenters. The van der Waals surface area contributed by atoms with E-state index in [0.29, 0.717) is 5.96 Å². The molecule has 2 N–H and O–H groups in total. The van der Waals surface area contributed by atoms with Crippen molar-refractivity contribution in [1.82, 2.24) is 29.7 Å². The predicted molar refractivity (Wildman–Crippen MR) is 112 cm³/mol. The van der Waals surface area contributed by atoms with Crippen LogP contribution in [0.2, 0.25) is 0 Å². The number of aryl methyl sites for hydroxylation is 1. The third-order valence-corrected chi connectivity index (χ3v) is 6.28. The standard InChI is InChI=1S/C20H26N8O2/c1-12-8-17-22-11-23-27(17)10-15(12)24-19-21-9-16-18(25-19)28(20(29)26(16)2)13-4-6-14(30-3)7-5-13/h8-11,13-14,18H,4-7H2,1-3H3,(H2,21,24,25). The molecule has 4 heterocycles. The SMILES string of the molecule is COC1CCC(N2C(=O)N(C)C3=CNC(Nc4cn5ncnc5cc4C)=NC32)CC1. The Hall–Kier alpha value is -3.14. The zero-order chi connectivity index (χ0) is 20.8. The van der Waals surface area contributed by atoms with Crippen molar-refractivity contribution < 1.29 is 9.53 Å². The molecule has 10 nitrogen and oxygen atoms in total. The number of guanidine groups is 1. The van der Waals surface area contributed by atoms with Gasteiger partial charge in [-0.1, -0.05) is 0 Å². The molecule has 2 aliphatic heterocycles. The average molecular weight is 410 g/mol. The van der Waals surface area contributed by atoms with Crippen molar-refractivity contribution in [2.75, 3.05) is 19.5 Å². The van der Waals surface area contributed by atoms with Gasteiger partial charge in [0.1, 0.15) is 6.33 Å². The van der Waals surface area contributed by atoms with Gasteiger partial charge >= 0.3 is 6.03 Å². The van der Waals surface area contributed by atoms with Gasteiger partial charge in [0.15, 0.2) is 11.8 Å². The van der Waals surface area contributed by atoms with E-state index in [1.54, 1.807) is 23.6 Å². The number of fused-ring (bicyclic) bond motifs is 2. The first-order chi connectivity index (χ1) is 14.5.